The second-order valence-corrected chi connectivity index (χ2v) is 5.74. The van der Waals surface area contributed by atoms with Crippen LogP contribution in [0.15, 0.2) is 0 Å². The SMILES string of the molecule is CC1CN(C(C)C(=O)OC(C)(C)C)CCCO1. The average molecular weight is 243 g/mol. The van der Waals surface area contributed by atoms with E-state index in [-0.39, 0.29) is 18.1 Å². The molecular weight excluding hydrogens is 218 g/mol. The van der Waals surface area contributed by atoms with Crippen LogP contribution in [-0.2, 0) is 14.3 Å². The molecule has 0 aromatic carbocycles. The highest BCUT2D eigenvalue weighted by Crippen LogP contribution is 2.14. The molecule has 1 aliphatic heterocycles. The molecule has 1 heterocycles. The largest absolute Gasteiger partial charge is 0.459 e. The summed E-state index contributed by atoms with van der Waals surface area (Å²) in [5, 5.41) is 0. The lowest BCUT2D eigenvalue weighted by atomic mass is 10.2. The molecule has 0 radical (unpaired) electrons. The highest BCUT2D eigenvalue weighted by Gasteiger charge is 2.28. The predicted molar refractivity (Wildman–Crippen MR) is 66.9 cm³/mol. The molecule has 1 fully saturated rings. The van der Waals surface area contributed by atoms with E-state index in [4.69, 9.17) is 9.47 Å². The number of hydrogen-bond donors (Lipinski definition) is 0. The minimum absolute atomic E-state index is 0.147. The zero-order chi connectivity index (χ0) is 13.1. The first-order chi connectivity index (χ1) is 7.79. The van der Waals surface area contributed by atoms with Gasteiger partial charge in [-0.15, -0.1) is 0 Å². The third kappa shape index (κ3) is 5.04. The van der Waals surface area contributed by atoms with E-state index < -0.39 is 5.60 Å². The zero-order valence-electron chi connectivity index (χ0n) is 11.7. The lowest BCUT2D eigenvalue weighted by Crippen LogP contribution is -2.44. The number of hydrogen-bond acceptors (Lipinski definition) is 4. The summed E-state index contributed by atoms with van der Waals surface area (Å²) in [6.45, 7) is 12.1. The monoisotopic (exact) mass is 243 g/mol. The Balaban J connectivity index is 2.55. The minimum Gasteiger partial charge on any atom is -0.459 e. The van der Waals surface area contributed by atoms with Gasteiger partial charge >= 0.3 is 5.97 Å². The van der Waals surface area contributed by atoms with Gasteiger partial charge in [-0.1, -0.05) is 0 Å². The Labute approximate surface area is 104 Å². The zero-order valence-corrected chi connectivity index (χ0v) is 11.7. The molecule has 0 bridgehead atoms. The number of ether oxygens (including phenoxy) is 2. The van der Waals surface area contributed by atoms with Crippen molar-refractivity contribution in [3.05, 3.63) is 0 Å². The fourth-order valence-electron chi connectivity index (χ4n) is 1.91. The lowest BCUT2D eigenvalue weighted by Gasteiger charge is -2.30. The fraction of sp³-hybridized carbons (Fsp3) is 0.923. The van der Waals surface area contributed by atoms with E-state index in [1.165, 1.54) is 0 Å². The highest BCUT2D eigenvalue weighted by atomic mass is 16.6. The number of carbonyl (C=O) groups is 1. The van der Waals surface area contributed by atoms with Crippen LogP contribution in [0.25, 0.3) is 0 Å². The Kier molecular flexibility index (Phi) is 4.95. The Bertz CT molecular complexity index is 260. The molecule has 0 N–H and O–H groups in total. The normalized spacial score (nSPS) is 25.1. The van der Waals surface area contributed by atoms with E-state index >= 15 is 0 Å². The molecule has 0 amide bonds. The topological polar surface area (TPSA) is 38.8 Å². The van der Waals surface area contributed by atoms with Crippen molar-refractivity contribution in [3.63, 3.8) is 0 Å². The third-order valence-electron chi connectivity index (χ3n) is 2.78. The summed E-state index contributed by atoms with van der Waals surface area (Å²) in [5.41, 5.74) is -0.417. The van der Waals surface area contributed by atoms with E-state index in [0.717, 1.165) is 26.1 Å². The summed E-state index contributed by atoms with van der Waals surface area (Å²) in [5.74, 6) is -0.147. The van der Waals surface area contributed by atoms with Crippen LogP contribution in [0.3, 0.4) is 0 Å². The van der Waals surface area contributed by atoms with Crippen molar-refractivity contribution in [2.75, 3.05) is 19.7 Å². The van der Waals surface area contributed by atoms with Crippen LogP contribution >= 0.6 is 0 Å². The first-order valence-electron chi connectivity index (χ1n) is 6.38. The first kappa shape index (κ1) is 14.5. The number of nitrogens with zero attached hydrogens (tertiary/aromatic N) is 1. The van der Waals surface area contributed by atoms with Gasteiger partial charge in [-0.2, -0.15) is 0 Å². The quantitative estimate of drug-likeness (QED) is 0.694. The van der Waals surface area contributed by atoms with Crippen molar-refractivity contribution in [3.8, 4) is 0 Å². The van der Waals surface area contributed by atoms with Crippen LogP contribution in [0.5, 0.6) is 0 Å². The Morgan fingerprint density at radius 2 is 2.12 bits per heavy atom. The molecule has 0 aliphatic carbocycles. The van der Waals surface area contributed by atoms with Crippen LogP contribution < -0.4 is 0 Å². The van der Waals surface area contributed by atoms with Crippen molar-refractivity contribution >= 4 is 5.97 Å². The minimum atomic E-state index is -0.417. The predicted octanol–water partition coefficient (Wildman–Crippen LogP) is 1.83. The molecule has 1 saturated heterocycles. The van der Waals surface area contributed by atoms with Crippen LogP contribution in [0.4, 0.5) is 0 Å². The molecule has 0 saturated carbocycles. The smallest absolute Gasteiger partial charge is 0.323 e. The van der Waals surface area contributed by atoms with Gasteiger partial charge in [-0.05, 0) is 41.0 Å². The summed E-state index contributed by atoms with van der Waals surface area (Å²) < 4.78 is 11.0. The second-order valence-electron chi connectivity index (χ2n) is 5.74. The maximum absolute atomic E-state index is 12.0. The van der Waals surface area contributed by atoms with Crippen molar-refractivity contribution in [2.24, 2.45) is 0 Å². The van der Waals surface area contributed by atoms with E-state index in [0.29, 0.717) is 0 Å². The van der Waals surface area contributed by atoms with Gasteiger partial charge in [-0.3, -0.25) is 9.69 Å². The average Bonchev–Trinajstić information content (AvgIpc) is 2.39. The van der Waals surface area contributed by atoms with Gasteiger partial charge in [0.25, 0.3) is 0 Å². The third-order valence-corrected chi connectivity index (χ3v) is 2.78. The molecule has 4 nitrogen and oxygen atoms in total. The Morgan fingerprint density at radius 1 is 1.47 bits per heavy atom. The van der Waals surface area contributed by atoms with Crippen molar-refractivity contribution in [1.82, 2.24) is 4.90 Å². The van der Waals surface area contributed by atoms with Gasteiger partial charge in [0.05, 0.1) is 6.10 Å². The van der Waals surface area contributed by atoms with Crippen molar-refractivity contribution < 1.29 is 14.3 Å². The summed E-state index contributed by atoms with van der Waals surface area (Å²) in [6, 6.07) is -0.196. The molecule has 0 aromatic rings. The van der Waals surface area contributed by atoms with Crippen LogP contribution in [-0.4, -0.2) is 48.3 Å². The Morgan fingerprint density at radius 3 is 2.71 bits per heavy atom. The van der Waals surface area contributed by atoms with Gasteiger partial charge in [0, 0.05) is 19.7 Å². The Hall–Kier alpha value is -0.610. The van der Waals surface area contributed by atoms with E-state index in [9.17, 15) is 4.79 Å². The van der Waals surface area contributed by atoms with Gasteiger partial charge < -0.3 is 9.47 Å². The maximum Gasteiger partial charge on any atom is 0.323 e. The number of esters is 1. The molecule has 2 unspecified atom stereocenters. The van der Waals surface area contributed by atoms with Gasteiger partial charge in [-0.25, -0.2) is 0 Å². The molecule has 2 atom stereocenters. The maximum atomic E-state index is 12.0. The summed E-state index contributed by atoms with van der Waals surface area (Å²) in [7, 11) is 0. The summed E-state index contributed by atoms with van der Waals surface area (Å²) >= 11 is 0. The van der Waals surface area contributed by atoms with Gasteiger partial charge in [0.15, 0.2) is 0 Å². The molecule has 0 aromatic heterocycles. The summed E-state index contributed by atoms with van der Waals surface area (Å²) in [4.78, 5) is 14.1. The summed E-state index contributed by atoms with van der Waals surface area (Å²) in [6.07, 6.45) is 1.15. The molecule has 1 rings (SSSR count). The van der Waals surface area contributed by atoms with Crippen molar-refractivity contribution in [2.45, 2.75) is 58.8 Å². The highest BCUT2D eigenvalue weighted by molar-refractivity contribution is 5.75. The number of carbonyl (C=O) groups excluding carboxylic acids is 1. The molecular formula is C13H25NO3. The van der Waals surface area contributed by atoms with Crippen molar-refractivity contribution in [1.29, 1.82) is 0 Å². The lowest BCUT2D eigenvalue weighted by molar-refractivity contribution is -0.161. The molecule has 4 heteroatoms. The first-order valence-corrected chi connectivity index (χ1v) is 6.38. The van der Waals surface area contributed by atoms with E-state index in [2.05, 4.69) is 4.90 Å². The van der Waals surface area contributed by atoms with Gasteiger partial charge in [0.1, 0.15) is 11.6 Å². The van der Waals surface area contributed by atoms with E-state index in [1.54, 1.807) is 0 Å². The van der Waals surface area contributed by atoms with E-state index in [1.807, 2.05) is 34.6 Å². The van der Waals surface area contributed by atoms with Crippen LogP contribution in [0.1, 0.15) is 41.0 Å². The van der Waals surface area contributed by atoms with Gasteiger partial charge in [0.2, 0.25) is 0 Å². The molecule has 0 spiro atoms. The molecule has 17 heavy (non-hydrogen) atoms. The molecule has 1 aliphatic rings. The fourth-order valence-corrected chi connectivity index (χ4v) is 1.91. The molecule has 100 valence electrons. The second kappa shape index (κ2) is 5.83. The standard InChI is InChI=1S/C13H25NO3/c1-10-9-14(7-6-8-16-10)11(2)12(15)17-13(3,4)5/h10-11H,6-9H2,1-5H3. The van der Waals surface area contributed by atoms with Crippen LogP contribution in [0.2, 0.25) is 0 Å². The number of rotatable bonds is 2. The van der Waals surface area contributed by atoms with Crippen LogP contribution in [0, 0.1) is 0 Å².